The van der Waals surface area contributed by atoms with Crippen LogP contribution in [0.4, 0.5) is 0 Å². The van der Waals surface area contributed by atoms with E-state index in [2.05, 4.69) is 0 Å². The average molecular weight is 311 g/mol. The number of benzene rings is 2. The smallest absolute Gasteiger partial charge is 0.332 e. The quantitative estimate of drug-likeness (QED) is 0.879. The van der Waals surface area contributed by atoms with E-state index in [1.54, 1.807) is 24.3 Å². The van der Waals surface area contributed by atoms with E-state index in [0.717, 1.165) is 11.0 Å². The van der Waals surface area contributed by atoms with Gasteiger partial charge in [0.2, 0.25) is 0 Å². The first kappa shape index (κ1) is 14.4. The van der Waals surface area contributed by atoms with Crippen LogP contribution in [0, 0.1) is 0 Å². The van der Waals surface area contributed by atoms with Gasteiger partial charge >= 0.3 is 10.1 Å². The highest BCUT2D eigenvalue weighted by atomic mass is 35.5. The van der Waals surface area contributed by atoms with Crippen LogP contribution in [0.5, 0.6) is 11.5 Å². The van der Waals surface area contributed by atoms with Crippen molar-refractivity contribution in [3.05, 3.63) is 64.5 Å². The van der Waals surface area contributed by atoms with E-state index in [0.29, 0.717) is 0 Å². The zero-order valence-corrected chi connectivity index (χ0v) is 11.8. The first-order valence-corrected chi connectivity index (χ1v) is 7.47. The molecular formula is C14H11ClO4S. The second-order valence-electron chi connectivity index (χ2n) is 3.93. The molecule has 0 spiro atoms. The van der Waals surface area contributed by atoms with E-state index in [-0.39, 0.29) is 16.5 Å². The zero-order chi connectivity index (χ0) is 14.6. The minimum atomic E-state index is -3.92. The third-order valence-electron chi connectivity index (χ3n) is 2.30. The maximum atomic E-state index is 11.8. The molecule has 0 aliphatic heterocycles. The Labute approximate surface area is 122 Å². The molecule has 2 rings (SSSR count). The molecule has 0 fully saturated rings. The van der Waals surface area contributed by atoms with Gasteiger partial charge in [0.1, 0.15) is 11.5 Å². The van der Waals surface area contributed by atoms with Crippen LogP contribution in [0.3, 0.4) is 0 Å². The van der Waals surface area contributed by atoms with Gasteiger partial charge in [0, 0.05) is 17.2 Å². The lowest BCUT2D eigenvalue weighted by atomic mass is 10.2. The van der Waals surface area contributed by atoms with E-state index in [4.69, 9.17) is 15.8 Å². The summed E-state index contributed by atoms with van der Waals surface area (Å²) in [6, 6.07) is 12.7. The van der Waals surface area contributed by atoms with Crippen molar-refractivity contribution in [2.24, 2.45) is 0 Å². The second kappa shape index (κ2) is 5.98. The first-order valence-electron chi connectivity index (χ1n) is 5.62. The molecule has 0 aliphatic rings. The van der Waals surface area contributed by atoms with Crippen molar-refractivity contribution < 1.29 is 17.7 Å². The SMILES string of the molecule is O=S(=O)(/C=C/c1ccccc1)Oc1cc(O)cc(Cl)c1. The molecular weight excluding hydrogens is 300 g/mol. The minimum absolute atomic E-state index is 0.0484. The van der Waals surface area contributed by atoms with Gasteiger partial charge < -0.3 is 9.29 Å². The Bertz CT molecular complexity index is 704. The van der Waals surface area contributed by atoms with Gasteiger partial charge in [-0.05, 0) is 17.7 Å². The van der Waals surface area contributed by atoms with E-state index >= 15 is 0 Å². The van der Waals surface area contributed by atoms with Crippen LogP contribution in [0.2, 0.25) is 5.02 Å². The third-order valence-corrected chi connectivity index (χ3v) is 3.41. The van der Waals surface area contributed by atoms with Crippen LogP contribution < -0.4 is 4.18 Å². The van der Waals surface area contributed by atoms with Crippen LogP contribution in [0.25, 0.3) is 6.08 Å². The highest BCUT2D eigenvalue weighted by Crippen LogP contribution is 2.26. The number of phenols is 1. The molecule has 0 heterocycles. The molecule has 0 atom stereocenters. The molecule has 0 amide bonds. The molecule has 6 heteroatoms. The van der Waals surface area contributed by atoms with Crippen molar-refractivity contribution in [1.82, 2.24) is 0 Å². The van der Waals surface area contributed by atoms with E-state index in [9.17, 15) is 13.5 Å². The lowest BCUT2D eigenvalue weighted by Gasteiger charge is -2.04. The normalized spacial score (nSPS) is 11.7. The fraction of sp³-hybridized carbons (Fsp3) is 0. The monoisotopic (exact) mass is 310 g/mol. The number of hydrogen-bond donors (Lipinski definition) is 1. The molecule has 0 aliphatic carbocycles. The van der Waals surface area contributed by atoms with Gasteiger partial charge in [-0.3, -0.25) is 0 Å². The zero-order valence-electron chi connectivity index (χ0n) is 10.2. The van der Waals surface area contributed by atoms with E-state index in [1.807, 2.05) is 6.07 Å². The largest absolute Gasteiger partial charge is 0.508 e. The summed E-state index contributed by atoms with van der Waals surface area (Å²) in [5, 5.41) is 10.4. The van der Waals surface area contributed by atoms with Crippen LogP contribution in [-0.4, -0.2) is 13.5 Å². The second-order valence-corrected chi connectivity index (χ2v) is 5.80. The molecule has 0 aromatic heterocycles. The molecule has 0 radical (unpaired) electrons. The lowest BCUT2D eigenvalue weighted by Crippen LogP contribution is -2.04. The molecule has 0 saturated carbocycles. The van der Waals surface area contributed by atoms with Gasteiger partial charge in [-0.2, -0.15) is 8.42 Å². The van der Waals surface area contributed by atoms with Crippen molar-refractivity contribution in [3.8, 4) is 11.5 Å². The minimum Gasteiger partial charge on any atom is -0.508 e. The van der Waals surface area contributed by atoms with Gasteiger partial charge in [-0.15, -0.1) is 0 Å². The number of rotatable bonds is 4. The Hall–Kier alpha value is -1.98. The third kappa shape index (κ3) is 4.29. The Morgan fingerprint density at radius 2 is 1.80 bits per heavy atom. The number of phenolic OH excluding ortho intramolecular Hbond substituents is 1. The summed E-state index contributed by atoms with van der Waals surface area (Å²) in [6.45, 7) is 0. The van der Waals surface area contributed by atoms with Crippen molar-refractivity contribution in [2.45, 2.75) is 0 Å². The van der Waals surface area contributed by atoms with Crippen LogP contribution in [0.15, 0.2) is 53.9 Å². The standard InChI is InChI=1S/C14H11ClO4S/c15-12-8-13(16)10-14(9-12)19-20(17,18)7-6-11-4-2-1-3-5-11/h1-10,16H/b7-6+. The number of hydrogen-bond acceptors (Lipinski definition) is 4. The molecule has 2 aromatic carbocycles. The maximum Gasteiger partial charge on any atom is 0.332 e. The number of aromatic hydroxyl groups is 1. The fourth-order valence-electron chi connectivity index (χ4n) is 1.48. The molecule has 0 bridgehead atoms. The predicted octanol–water partition coefficient (Wildman–Crippen LogP) is 3.43. The number of halogens is 1. The highest BCUT2D eigenvalue weighted by Gasteiger charge is 2.09. The molecule has 4 nitrogen and oxygen atoms in total. The predicted molar refractivity (Wildman–Crippen MR) is 78.1 cm³/mol. The van der Waals surface area contributed by atoms with Crippen molar-refractivity contribution >= 4 is 27.8 Å². The van der Waals surface area contributed by atoms with Crippen LogP contribution in [0.1, 0.15) is 5.56 Å². The van der Waals surface area contributed by atoms with E-state index < -0.39 is 10.1 Å². The van der Waals surface area contributed by atoms with Crippen LogP contribution in [-0.2, 0) is 10.1 Å². The van der Waals surface area contributed by atoms with Gasteiger partial charge in [-0.1, -0.05) is 41.9 Å². The van der Waals surface area contributed by atoms with Gasteiger partial charge in [0.05, 0.1) is 5.41 Å². The molecule has 20 heavy (non-hydrogen) atoms. The van der Waals surface area contributed by atoms with Gasteiger partial charge in [0.25, 0.3) is 0 Å². The van der Waals surface area contributed by atoms with E-state index in [1.165, 1.54) is 24.3 Å². The lowest BCUT2D eigenvalue weighted by molar-refractivity contribution is 0.466. The van der Waals surface area contributed by atoms with Gasteiger partial charge in [0.15, 0.2) is 0 Å². The Balaban J connectivity index is 2.17. The summed E-state index contributed by atoms with van der Waals surface area (Å²) in [6.07, 6.45) is 1.42. The summed E-state index contributed by atoms with van der Waals surface area (Å²) in [5.74, 6) is -0.220. The molecule has 0 unspecified atom stereocenters. The van der Waals surface area contributed by atoms with Crippen molar-refractivity contribution in [1.29, 1.82) is 0 Å². The van der Waals surface area contributed by atoms with Crippen LogP contribution >= 0.6 is 11.6 Å². The summed E-state index contributed by atoms with van der Waals surface area (Å²) >= 11 is 5.70. The first-order chi connectivity index (χ1) is 9.44. The van der Waals surface area contributed by atoms with Crippen molar-refractivity contribution in [3.63, 3.8) is 0 Å². The van der Waals surface area contributed by atoms with Crippen molar-refractivity contribution in [2.75, 3.05) is 0 Å². The average Bonchev–Trinajstić information content (AvgIpc) is 2.36. The maximum absolute atomic E-state index is 11.8. The summed E-state index contributed by atoms with van der Waals surface area (Å²) in [7, 11) is -3.92. The molecule has 0 saturated heterocycles. The Kier molecular flexibility index (Phi) is 4.32. The topological polar surface area (TPSA) is 63.6 Å². The Morgan fingerprint density at radius 1 is 1.10 bits per heavy atom. The summed E-state index contributed by atoms with van der Waals surface area (Å²) < 4.78 is 28.4. The Morgan fingerprint density at radius 3 is 2.45 bits per heavy atom. The molecule has 2 aromatic rings. The summed E-state index contributed by atoms with van der Waals surface area (Å²) in [4.78, 5) is 0. The molecule has 1 N–H and O–H groups in total. The highest BCUT2D eigenvalue weighted by molar-refractivity contribution is 7.90. The fourth-order valence-corrected chi connectivity index (χ4v) is 2.45. The molecule has 104 valence electrons. The summed E-state index contributed by atoms with van der Waals surface area (Å²) in [5.41, 5.74) is 0.730. The van der Waals surface area contributed by atoms with Gasteiger partial charge in [-0.25, -0.2) is 0 Å².